The molecule has 0 radical (unpaired) electrons. The van der Waals surface area contributed by atoms with Gasteiger partial charge in [-0.25, -0.2) is 4.79 Å². The molecule has 3 nitrogen and oxygen atoms in total. The number of aromatic carboxylic acids is 1. The Bertz CT molecular complexity index is 614. The molecule has 1 N–H and O–H groups in total. The van der Waals surface area contributed by atoms with E-state index in [0.717, 1.165) is 9.35 Å². The summed E-state index contributed by atoms with van der Waals surface area (Å²) in [7, 11) is 1.85. The molecule has 0 bridgehead atoms. The van der Waals surface area contributed by atoms with Crippen LogP contribution in [0.15, 0.2) is 34.1 Å². The first-order valence-electron chi connectivity index (χ1n) is 5.45. The van der Waals surface area contributed by atoms with Gasteiger partial charge in [-0.1, -0.05) is 17.7 Å². The number of thiophene rings is 1. The normalized spacial score (nSPS) is 10.5. The summed E-state index contributed by atoms with van der Waals surface area (Å²) in [6.07, 6.45) is 0. The van der Waals surface area contributed by atoms with Crippen LogP contribution in [0.3, 0.4) is 0 Å². The van der Waals surface area contributed by atoms with Crippen molar-refractivity contribution in [3.05, 3.63) is 49.6 Å². The Morgan fingerprint density at radius 3 is 2.84 bits per heavy atom. The summed E-state index contributed by atoms with van der Waals surface area (Å²) in [4.78, 5) is 14.3. The number of nitrogens with zero attached hydrogens (tertiary/aromatic N) is 1. The van der Waals surface area contributed by atoms with Crippen LogP contribution in [0.4, 0.5) is 5.69 Å². The molecule has 1 heterocycles. The first-order chi connectivity index (χ1) is 8.99. The Balaban J connectivity index is 2.31. The molecule has 0 spiro atoms. The zero-order chi connectivity index (χ0) is 14.0. The quantitative estimate of drug-likeness (QED) is 0.873. The third-order valence-corrected chi connectivity index (χ3v) is 4.63. The molecule has 0 aliphatic carbocycles. The smallest absolute Gasteiger partial charge is 0.339 e. The number of anilines is 1. The van der Waals surface area contributed by atoms with Gasteiger partial charge in [-0.3, -0.25) is 0 Å². The summed E-state index contributed by atoms with van der Waals surface area (Å²) in [5, 5.41) is 11.5. The van der Waals surface area contributed by atoms with Crippen LogP contribution in [0, 0.1) is 0 Å². The van der Waals surface area contributed by atoms with Crippen molar-refractivity contribution in [2.45, 2.75) is 6.54 Å². The fourth-order valence-electron chi connectivity index (χ4n) is 1.80. The van der Waals surface area contributed by atoms with E-state index in [2.05, 4.69) is 15.9 Å². The maximum absolute atomic E-state index is 11.3. The maximum Gasteiger partial charge on any atom is 0.339 e. The highest BCUT2D eigenvalue weighted by Gasteiger charge is 2.17. The summed E-state index contributed by atoms with van der Waals surface area (Å²) in [6.45, 7) is 0.636. The van der Waals surface area contributed by atoms with Gasteiger partial charge in [0.05, 0.1) is 17.3 Å². The van der Waals surface area contributed by atoms with Crippen molar-refractivity contribution in [2.75, 3.05) is 11.9 Å². The van der Waals surface area contributed by atoms with Gasteiger partial charge in [-0.15, -0.1) is 11.3 Å². The van der Waals surface area contributed by atoms with E-state index in [1.54, 1.807) is 29.5 Å². The number of rotatable bonds is 4. The van der Waals surface area contributed by atoms with E-state index < -0.39 is 5.97 Å². The number of hydrogen-bond acceptors (Lipinski definition) is 3. The Morgan fingerprint density at radius 2 is 2.26 bits per heavy atom. The minimum atomic E-state index is -1.01. The minimum absolute atomic E-state index is 0.141. The second-order valence-corrected chi connectivity index (χ2v) is 6.35. The second kappa shape index (κ2) is 5.94. The Morgan fingerprint density at radius 1 is 1.53 bits per heavy atom. The predicted octanol–water partition coefficient (Wildman–Crippen LogP) is 4.50. The summed E-state index contributed by atoms with van der Waals surface area (Å²) < 4.78 is 1.03. The lowest BCUT2D eigenvalue weighted by molar-refractivity contribution is 0.0697. The summed E-state index contributed by atoms with van der Waals surface area (Å²) in [5.41, 5.74) is 0.756. The van der Waals surface area contributed by atoms with Gasteiger partial charge in [0.25, 0.3) is 0 Å². The molecule has 0 aliphatic rings. The van der Waals surface area contributed by atoms with Crippen LogP contribution >= 0.6 is 38.9 Å². The zero-order valence-corrected chi connectivity index (χ0v) is 13.2. The third-order valence-electron chi connectivity index (χ3n) is 2.63. The van der Waals surface area contributed by atoms with Crippen LogP contribution in [0.1, 0.15) is 15.2 Å². The number of halogens is 2. The Kier molecular flexibility index (Phi) is 4.50. The van der Waals surface area contributed by atoms with Crippen LogP contribution in [0.2, 0.25) is 5.02 Å². The second-order valence-electron chi connectivity index (χ2n) is 4.03. The topological polar surface area (TPSA) is 40.5 Å². The maximum atomic E-state index is 11.3. The fourth-order valence-corrected chi connectivity index (χ4v) is 3.55. The molecule has 0 unspecified atom stereocenters. The molecule has 1 aromatic carbocycles. The number of carboxylic acids is 1. The molecule has 1 aromatic heterocycles. The molecule has 2 rings (SSSR count). The summed E-state index contributed by atoms with van der Waals surface area (Å²) in [5.74, 6) is -1.01. The van der Waals surface area contributed by atoms with E-state index in [1.165, 1.54) is 0 Å². The molecule has 6 heteroatoms. The van der Waals surface area contributed by atoms with Gasteiger partial charge in [0.15, 0.2) is 0 Å². The van der Waals surface area contributed by atoms with Crippen LogP contribution in [0.5, 0.6) is 0 Å². The highest BCUT2D eigenvalue weighted by Crippen LogP contribution is 2.29. The van der Waals surface area contributed by atoms with Gasteiger partial charge in [0.2, 0.25) is 0 Å². The SMILES string of the molecule is CN(Cc1cc(Br)cs1)c1cccc(Cl)c1C(=O)O. The number of carbonyl (C=O) groups is 1. The van der Waals surface area contributed by atoms with E-state index in [0.29, 0.717) is 12.2 Å². The molecule has 2 aromatic rings. The van der Waals surface area contributed by atoms with Crippen LogP contribution < -0.4 is 4.90 Å². The number of benzene rings is 1. The van der Waals surface area contributed by atoms with Crippen molar-refractivity contribution in [1.82, 2.24) is 0 Å². The molecule has 100 valence electrons. The van der Waals surface area contributed by atoms with Crippen LogP contribution in [-0.4, -0.2) is 18.1 Å². The fraction of sp³-hybridized carbons (Fsp3) is 0.154. The molecule has 0 fully saturated rings. The van der Waals surface area contributed by atoms with E-state index in [9.17, 15) is 9.90 Å². The molecule has 19 heavy (non-hydrogen) atoms. The van der Waals surface area contributed by atoms with Crippen molar-refractivity contribution in [1.29, 1.82) is 0 Å². The molecule has 0 aliphatic heterocycles. The van der Waals surface area contributed by atoms with E-state index in [-0.39, 0.29) is 10.6 Å². The lowest BCUT2D eigenvalue weighted by Gasteiger charge is -2.21. The number of hydrogen-bond donors (Lipinski definition) is 1. The van der Waals surface area contributed by atoms with Crippen molar-refractivity contribution in [3.63, 3.8) is 0 Å². The Hall–Kier alpha value is -1.04. The van der Waals surface area contributed by atoms with Gasteiger partial charge in [-0.05, 0) is 34.1 Å². The Labute approximate surface area is 128 Å². The first kappa shape index (κ1) is 14.4. The molecule has 0 atom stereocenters. The molecule has 0 saturated carbocycles. The van der Waals surface area contributed by atoms with E-state index in [4.69, 9.17) is 11.6 Å². The third kappa shape index (κ3) is 3.29. The van der Waals surface area contributed by atoms with Gasteiger partial charge in [0, 0.05) is 21.8 Å². The monoisotopic (exact) mass is 359 g/mol. The summed E-state index contributed by atoms with van der Waals surface area (Å²) in [6, 6.07) is 7.12. The van der Waals surface area contributed by atoms with Gasteiger partial charge in [-0.2, -0.15) is 0 Å². The largest absolute Gasteiger partial charge is 0.478 e. The summed E-state index contributed by atoms with van der Waals surface area (Å²) >= 11 is 11.0. The van der Waals surface area contributed by atoms with E-state index >= 15 is 0 Å². The van der Waals surface area contributed by atoms with Crippen molar-refractivity contribution < 1.29 is 9.90 Å². The van der Waals surface area contributed by atoms with E-state index in [1.807, 2.05) is 23.4 Å². The van der Waals surface area contributed by atoms with Crippen LogP contribution in [0.25, 0.3) is 0 Å². The van der Waals surface area contributed by atoms with Crippen molar-refractivity contribution in [3.8, 4) is 0 Å². The lowest BCUT2D eigenvalue weighted by Crippen LogP contribution is -2.19. The molecular weight excluding hydrogens is 350 g/mol. The average Bonchev–Trinajstić information content (AvgIpc) is 2.73. The zero-order valence-electron chi connectivity index (χ0n) is 10.1. The van der Waals surface area contributed by atoms with Gasteiger partial charge < -0.3 is 10.0 Å². The predicted molar refractivity (Wildman–Crippen MR) is 82.5 cm³/mol. The van der Waals surface area contributed by atoms with Gasteiger partial charge in [0.1, 0.15) is 5.56 Å². The highest BCUT2D eigenvalue weighted by atomic mass is 79.9. The molecule has 0 amide bonds. The standard InChI is InChI=1S/C13H11BrClNO2S/c1-16(6-9-5-8(14)7-19-9)11-4-2-3-10(15)12(11)13(17)18/h2-5,7H,6H2,1H3,(H,17,18). The number of carboxylic acid groups (broad SMARTS) is 1. The first-order valence-corrected chi connectivity index (χ1v) is 7.50. The van der Waals surface area contributed by atoms with Crippen LogP contribution in [-0.2, 0) is 6.54 Å². The highest BCUT2D eigenvalue weighted by molar-refractivity contribution is 9.10. The minimum Gasteiger partial charge on any atom is -0.478 e. The molecule has 0 saturated heterocycles. The molecular formula is C13H11BrClNO2S. The lowest BCUT2D eigenvalue weighted by atomic mass is 10.1. The van der Waals surface area contributed by atoms with Gasteiger partial charge >= 0.3 is 5.97 Å². The average molecular weight is 361 g/mol. The van der Waals surface area contributed by atoms with Crippen molar-refractivity contribution in [2.24, 2.45) is 0 Å². The van der Waals surface area contributed by atoms with Crippen molar-refractivity contribution >= 4 is 50.5 Å².